The van der Waals surface area contributed by atoms with Gasteiger partial charge in [0.25, 0.3) is 15.9 Å². The van der Waals surface area contributed by atoms with Crippen molar-refractivity contribution in [1.29, 1.82) is 0 Å². The summed E-state index contributed by atoms with van der Waals surface area (Å²) in [6.45, 7) is -0.0218. The van der Waals surface area contributed by atoms with Crippen molar-refractivity contribution in [2.45, 2.75) is 11.3 Å². The van der Waals surface area contributed by atoms with Crippen molar-refractivity contribution in [3.8, 4) is 5.75 Å². The smallest absolute Gasteiger partial charge is 0.338 e. The zero-order valence-electron chi connectivity index (χ0n) is 17.2. The molecular formula is C22H22N2O6S2. The number of nitrogens with one attached hydrogen (secondary N) is 2. The van der Waals surface area contributed by atoms with Gasteiger partial charge in [0.1, 0.15) is 5.75 Å². The number of benzene rings is 2. The number of anilines is 1. The van der Waals surface area contributed by atoms with Crippen molar-refractivity contribution in [2.75, 3.05) is 25.0 Å². The van der Waals surface area contributed by atoms with E-state index in [0.29, 0.717) is 24.4 Å². The SMILES string of the molecule is COc1ccc(NS(=O)(=O)c2cccc(C(=O)OCC(=O)NCCc3cccs3)c2)cc1. The number of rotatable bonds is 10. The molecular weight excluding hydrogens is 452 g/mol. The van der Waals surface area contributed by atoms with E-state index in [4.69, 9.17) is 9.47 Å². The van der Waals surface area contributed by atoms with E-state index < -0.39 is 28.5 Å². The number of sulfonamides is 1. The summed E-state index contributed by atoms with van der Waals surface area (Å²) in [6.07, 6.45) is 0.693. The summed E-state index contributed by atoms with van der Waals surface area (Å²) in [7, 11) is -2.42. The van der Waals surface area contributed by atoms with E-state index >= 15 is 0 Å². The standard InChI is InChI=1S/C22H22N2O6S2/c1-29-18-9-7-17(8-10-18)24-32(27,28)20-6-2-4-16(14-20)22(26)30-15-21(25)23-12-11-19-5-3-13-31-19/h2-10,13-14,24H,11-12,15H2,1H3,(H,23,25). The van der Waals surface area contributed by atoms with Gasteiger partial charge in [-0.15, -0.1) is 11.3 Å². The normalized spacial score (nSPS) is 10.9. The van der Waals surface area contributed by atoms with E-state index in [0.717, 1.165) is 4.88 Å². The van der Waals surface area contributed by atoms with E-state index in [9.17, 15) is 18.0 Å². The van der Waals surface area contributed by atoms with E-state index in [1.807, 2.05) is 17.5 Å². The van der Waals surface area contributed by atoms with E-state index in [1.54, 1.807) is 35.6 Å². The number of hydrogen-bond acceptors (Lipinski definition) is 7. The summed E-state index contributed by atoms with van der Waals surface area (Å²) < 4.78 is 37.8. The van der Waals surface area contributed by atoms with Crippen molar-refractivity contribution < 1.29 is 27.5 Å². The molecule has 0 unspecified atom stereocenters. The van der Waals surface area contributed by atoms with Gasteiger partial charge in [0.05, 0.1) is 17.6 Å². The minimum absolute atomic E-state index is 0.0222. The second-order valence-corrected chi connectivity index (χ2v) is 9.33. The molecule has 32 heavy (non-hydrogen) atoms. The first-order valence-electron chi connectivity index (χ1n) is 9.60. The predicted octanol–water partition coefficient (Wildman–Crippen LogP) is 3.07. The van der Waals surface area contributed by atoms with Crippen molar-refractivity contribution in [3.05, 3.63) is 76.5 Å². The topological polar surface area (TPSA) is 111 Å². The van der Waals surface area contributed by atoms with Crippen molar-refractivity contribution >= 4 is 38.9 Å². The van der Waals surface area contributed by atoms with Crippen LogP contribution >= 0.6 is 11.3 Å². The minimum atomic E-state index is -3.93. The zero-order valence-corrected chi connectivity index (χ0v) is 18.9. The third kappa shape index (κ3) is 6.56. The molecule has 0 aliphatic rings. The van der Waals surface area contributed by atoms with Gasteiger partial charge in [0, 0.05) is 17.1 Å². The number of esters is 1. The third-order valence-electron chi connectivity index (χ3n) is 4.33. The molecule has 10 heteroatoms. The Kier molecular flexibility index (Phi) is 7.85. The Balaban J connectivity index is 1.55. The molecule has 0 bridgehead atoms. The quantitative estimate of drug-likeness (QED) is 0.437. The molecule has 2 N–H and O–H groups in total. The lowest BCUT2D eigenvalue weighted by atomic mass is 10.2. The lowest BCUT2D eigenvalue weighted by molar-refractivity contribution is -0.124. The van der Waals surface area contributed by atoms with Crippen molar-refractivity contribution in [3.63, 3.8) is 0 Å². The highest BCUT2D eigenvalue weighted by atomic mass is 32.2. The van der Waals surface area contributed by atoms with E-state index in [1.165, 1.54) is 31.4 Å². The van der Waals surface area contributed by atoms with Gasteiger partial charge in [-0.2, -0.15) is 0 Å². The largest absolute Gasteiger partial charge is 0.497 e. The lowest BCUT2D eigenvalue weighted by Crippen LogP contribution is -2.30. The third-order valence-corrected chi connectivity index (χ3v) is 6.65. The maximum absolute atomic E-state index is 12.7. The number of hydrogen-bond donors (Lipinski definition) is 2. The molecule has 0 saturated carbocycles. The van der Waals surface area contributed by atoms with Crippen LogP contribution in [0, 0.1) is 0 Å². The Morgan fingerprint density at radius 2 is 1.81 bits per heavy atom. The van der Waals surface area contributed by atoms with Gasteiger partial charge in [-0.25, -0.2) is 13.2 Å². The minimum Gasteiger partial charge on any atom is -0.497 e. The molecule has 2 aromatic carbocycles. The molecule has 8 nitrogen and oxygen atoms in total. The molecule has 168 valence electrons. The van der Waals surface area contributed by atoms with Gasteiger partial charge in [-0.3, -0.25) is 9.52 Å². The maximum Gasteiger partial charge on any atom is 0.338 e. The molecule has 3 aromatic rings. The monoisotopic (exact) mass is 474 g/mol. The number of carbonyl (C=O) groups is 2. The lowest BCUT2D eigenvalue weighted by Gasteiger charge is -2.10. The fourth-order valence-electron chi connectivity index (χ4n) is 2.71. The summed E-state index contributed by atoms with van der Waals surface area (Å²) in [4.78, 5) is 25.2. The van der Waals surface area contributed by atoms with Crippen LogP contribution in [0.4, 0.5) is 5.69 Å². The summed E-state index contributed by atoms with van der Waals surface area (Å²) in [5.41, 5.74) is 0.368. The molecule has 1 heterocycles. The molecule has 0 atom stereocenters. The number of carbonyl (C=O) groups excluding carboxylic acids is 2. The fourth-order valence-corrected chi connectivity index (χ4v) is 4.52. The molecule has 0 aliphatic heterocycles. The van der Waals surface area contributed by atoms with Crippen LogP contribution in [-0.4, -0.2) is 40.6 Å². The fraction of sp³-hybridized carbons (Fsp3) is 0.182. The Bertz CT molecular complexity index is 1160. The van der Waals surface area contributed by atoms with Crippen molar-refractivity contribution in [2.24, 2.45) is 0 Å². The summed E-state index contributed by atoms with van der Waals surface area (Å²) in [6, 6.07) is 15.7. The van der Waals surface area contributed by atoms with Gasteiger partial charge in [-0.1, -0.05) is 12.1 Å². The zero-order chi connectivity index (χ0) is 23.0. The molecule has 0 radical (unpaired) electrons. The number of thiophene rings is 1. The Morgan fingerprint density at radius 3 is 2.50 bits per heavy atom. The molecule has 0 fully saturated rings. The van der Waals surface area contributed by atoms with Gasteiger partial charge >= 0.3 is 5.97 Å². The average Bonchev–Trinajstić information content (AvgIpc) is 3.31. The number of methoxy groups -OCH3 is 1. The molecule has 0 saturated heterocycles. The predicted molar refractivity (Wildman–Crippen MR) is 122 cm³/mol. The molecule has 1 amide bonds. The Hall–Kier alpha value is -3.37. The first-order valence-corrected chi connectivity index (χ1v) is 12.0. The molecule has 1 aromatic heterocycles. The molecule has 3 rings (SSSR count). The Morgan fingerprint density at radius 1 is 1.03 bits per heavy atom. The number of ether oxygens (including phenoxy) is 2. The van der Waals surface area contributed by atoms with Crippen molar-refractivity contribution in [1.82, 2.24) is 5.32 Å². The highest BCUT2D eigenvalue weighted by molar-refractivity contribution is 7.92. The van der Waals surface area contributed by atoms with Crippen LogP contribution in [0.3, 0.4) is 0 Å². The first-order chi connectivity index (χ1) is 15.4. The van der Waals surface area contributed by atoms with Crippen LogP contribution in [0.1, 0.15) is 15.2 Å². The number of amides is 1. The van der Waals surface area contributed by atoms with Crippen LogP contribution in [0.2, 0.25) is 0 Å². The molecule has 0 spiro atoms. The van der Waals surface area contributed by atoms with Crippen LogP contribution in [0.25, 0.3) is 0 Å². The summed E-state index contributed by atoms with van der Waals surface area (Å²) >= 11 is 1.60. The summed E-state index contributed by atoms with van der Waals surface area (Å²) in [5.74, 6) is -0.631. The van der Waals surface area contributed by atoms with Gasteiger partial charge in [-0.05, 0) is 60.3 Å². The highest BCUT2D eigenvalue weighted by Crippen LogP contribution is 2.20. The average molecular weight is 475 g/mol. The van der Waals surface area contributed by atoms with Gasteiger partial charge in [0.2, 0.25) is 0 Å². The second-order valence-electron chi connectivity index (χ2n) is 6.62. The van der Waals surface area contributed by atoms with Gasteiger partial charge < -0.3 is 14.8 Å². The maximum atomic E-state index is 12.7. The van der Waals surface area contributed by atoms with Crippen LogP contribution in [0.15, 0.2) is 70.9 Å². The van der Waals surface area contributed by atoms with Crippen LogP contribution < -0.4 is 14.8 Å². The van der Waals surface area contributed by atoms with Crippen LogP contribution in [-0.2, 0) is 26.0 Å². The van der Waals surface area contributed by atoms with Crippen LogP contribution in [0.5, 0.6) is 5.75 Å². The summed E-state index contributed by atoms with van der Waals surface area (Å²) in [5, 5.41) is 4.63. The van der Waals surface area contributed by atoms with E-state index in [2.05, 4.69) is 10.0 Å². The molecule has 0 aliphatic carbocycles. The first kappa shape index (κ1) is 23.3. The van der Waals surface area contributed by atoms with Gasteiger partial charge in [0.15, 0.2) is 6.61 Å². The second kappa shape index (κ2) is 10.8. The Labute approximate surface area is 190 Å². The highest BCUT2D eigenvalue weighted by Gasteiger charge is 2.18. The van der Waals surface area contributed by atoms with E-state index in [-0.39, 0.29) is 10.5 Å².